The SMILES string of the molecule is CCOP(=O)(OCC)OC(/C=C/OCCCl)C(Cl)Cl. The Hall–Kier alpha value is 0.520. The first-order valence-corrected chi connectivity index (χ1v) is 8.55. The molecule has 0 heterocycles. The van der Waals surface area contributed by atoms with Crippen LogP contribution in [0.2, 0.25) is 0 Å². The fourth-order valence-corrected chi connectivity index (χ4v) is 2.80. The predicted octanol–water partition coefficient (Wildman–Crippen LogP) is 4.13. The molecule has 0 aromatic carbocycles. The van der Waals surface area contributed by atoms with Crippen molar-refractivity contribution in [2.24, 2.45) is 0 Å². The Bertz CT molecular complexity index is 291. The molecule has 0 bridgehead atoms. The Labute approximate surface area is 128 Å². The van der Waals surface area contributed by atoms with Crippen molar-refractivity contribution in [3.63, 3.8) is 0 Å². The summed E-state index contributed by atoms with van der Waals surface area (Å²) in [6.45, 7) is 4.01. The Balaban J connectivity index is 4.61. The second-order valence-electron chi connectivity index (χ2n) is 3.08. The zero-order valence-corrected chi connectivity index (χ0v) is 13.9. The number of hydrogen-bond donors (Lipinski definition) is 0. The van der Waals surface area contributed by atoms with Crippen molar-refractivity contribution in [1.82, 2.24) is 0 Å². The molecule has 0 aliphatic carbocycles. The van der Waals surface area contributed by atoms with E-state index in [4.69, 9.17) is 53.1 Å². The van der Waals surface area contributed by atoms with Crippen LogP contribution in [0.4, 0.5) is 0 Å². The molecule has 19 heavy (non-hydrogen) atoms. The van der Waals surface area contributed by atoms with E-state index in [0.29, 0.717) is 12.5 Å². The lowest BCUT2D eigenvalue weighted by molar-refractivity contribution is 0.103. The van der Waals surface area contributed by atoms with Crippen LogP contribution in [0.1, 0.15) is 13.8 Å². The van der Waals surface area contributed by atoms with E-state index in [9.17, 15) is 4.57 Å². The molecule has 0 saturated heterocycles. The van der Waals surface area contributed by atoms with Crippen molar-refractivity contribution in [1.29, 1.82) is 0 Å². The summed E-state index contributed by atoms with van der Waals surface area (Å²) in [4.78, 5) is -0.954. The molecule has 114 valence electrons. The minimum Gasteiger partial charge on any atom is -0.500 e. The molecule has 0 radical (unpaired) electrons. The van der Waals surface area contributed by atoms with Crippen molar-refractivity contribution < 1.29 is 22.9 Å². The molecule has 0 rings (SSSR count). The lowest BCUT2D eigenvalue weighted by atomic mass is 10.4. The molecule has 0 aromatic heterocycles. The molecule has 0 saturated carbocycles. The first-order valence-electron chi connectivity index (χ1n) is 5.69. The minimum absolute atomic E-state index is 0.172. The van der Waals surface area contributed by atoms with Crippen LogP contribution >= 0.6 is 42.6 Å². The summed E-state index contributed by atoms with van der Waals surface area (Å²) < 4.78 is 32.3. The molecule has 1 unspecified atom stereocenters. The van der Waals surface area contributed by atoms with Gasteiger partial charge < -0.3 is 4.74 Å². The monoisotopic (exact) mass is 354 g/mol. The fraction of sp³-hybridized carbons (Fsp3) is 0.800. The maximum absolute atomic E-state index is 12.1. The molecule has 0 aromatic rings. The Morgan fingerprint density at radius 3 is 2.21 bits per heavy atom. The average Bonchev–Trinajstić information content (AvgIpc) is 2.33. The van der Waals surface area contributed by atoms with Gasteiger partial charge >= 0.3 is 7.82 Å². The van der Waals surface area contributed by atoms with Crippen LogP contribution in [0.3, 0.4) is 0 Å². The van der Waals surface area contributed by atoms with Gasteiger partial charge in [-0.05, 0) is 19.9 Å². The first kappa shape index (κ1) is 19.5. The summed E-state index contributed by atoms with van der Waals surface area (Å²) in [5, 5.41) is 0. The summed E-state index contributed by atoms with van der Waals surface area (Å²) in [6.07, 6.45) is 1.86. The van der Waals surface area contributed by atoms with Gasteiger partial charge in [-0.25, -0.2) is 4.57 Å². The molecule has 5 nitrogen and oxygen atoms in total. The van der Waals surface area contributed by atoms with Crippen LogP contribution in [0.15, 0.2) is 12.3 Å². The van der Waals surface area contributed by atoms with Crippen LogP contribution in [-0.4, -0.2) is 36.6 Å². The summed E-state index contributed by atoms with van der Waals surface area (Å²) in [5.74, 6) is 0.345. The number of halogens is 3. The fourth-order valence-electron chi connectivity index (χ4n) is 0.974. The lowest BCUT2D eigenvalue weighted by Gasteiger charge is -2.21. The number of phosphoric ester groups is 1. The highest BCUT2D eigenvalue weighted by molar-refractivity contribution is 7.48. The number of hydrogen-bond acceptors (Lipinski definition) is 5. The van der Waals surface area contributed by atoms with Crippen LogP contribution in [0, 0.1) is 0 Å². The summed E-state index contributed by atoms with van der Waals surface area (Å²) in [6, 6.07) is 0. The van der Waals surface area contributed by atoms with E-state index in [-0.39, 0.29) is 13.2 Å². The normalized spacial score (nSPS) is 14.2. The highest BCUT2D eigenvalue weighted by atomic mass is 35.5. The van der Waals surface area contributed by atoms with E-state index in [1.807, 2.05) is 0 Å². The molecule has 9 heteroatoms. The van der Waals surface area contributed by atoms with Crippen molar-refractivity contribution in [2.75, 3.05) is 25.7 Å². The largest absolute Gasteiger partial charge is 0.500 e. The third-order valence-electron chi connectivity index (χ3n) is 1.63. The Morgan fingerprint density at radius 1 is 1.21 bits per heavy atom. The van der Waals surface area contributed by atoms with Gasteiger partial charge in [0.15, 0.2) is 0 Å². The summed E-state index contributed by atoms with van der Waals surface area (Å²) in [7, 11) is -3.69. The van der Waals surface area contributed by atoms with E-state index >= 15 is 0 Å². The van der Waals surface area contributed by atoms with Crippen LogP contribution in [-0.2, 0) is 22.9 Å². The Kier molecular flexibility index (Phi) is 11.5. The smallest absolute Gasteiger partial charge is 0.475 e. The number of alkyl halides is 3. The van der Waals surface area contributed by atoms with E-state index in [0.717, 1.165) is 0 Å². The average molecular weight is 356 g/mol. The standard InChI is InChI=1S/C10H18Cl3O5P/c1-3-16-19(14,17-4-2)18-9(10(12)13)5-7-15-8-6-11/h5,7,9-10H,3-4,6,8H2,1-2H3/b7-5+. The van der Waals surface area contributed by atoms with Gasteiger partial charge in [-0.2, -0.15) is 0 Å². The van der Waals surface area contributed by atoms with Crippen molar-refractivity contribution >= 4 is 42.6 Å². The maximum Gasteiger partial charge on any atom is 0.475 e. The van der Waals surface area contributed by atoms with Crippen molar-refractivity contribution in [3.05, 3.63) is 12.3 Å². The van der Waals surface area contributed by atoms with Gasteiger partial charge in [-0.3, -0.25) is 13.6 Å². The van der Waals surface area contributed by atoms with Crippen molar-refractivity contribution in [2.45, 2.75) is 24.8 Å². The predicted molar refractivity (Wildman–Crippen MR) is 77.0 cm³/mol. The number of rotatable bonds is 11. The highest BCUT2D eigenvalue weighted by Crippen LogP contribution is 2.51. The zero-order valence-electron chi connectivity index (χ0n) is 10.8. The van der Waals surface area contributed by atoms with E-state index in [2.05, 4.69) is 0 Å². The van der Waals surface area contributed by atoms with Crippen LogP contribution < -0.4 is 0 Å². The summed E-state index contributed by atoms with van der Waals surface area (Å²) >= 11 is 16.9. The molecule has 0 aliphatic rings. The maximum atomic E-state index is 12.1. The molecule has 0 aliphatic heterocycles. The molecular formula is C10H18Cl3O5P. The van der Waals surface area contributed by atoms with E-state index in [1.54, 1.807) is 13.8 Å². The van der Waals surface area contributed by atoms with Crippen LogP contribution in [0.25, 0.3) is 0 Å². The minimum atomic E-state index is -3.69. The van der Waals surface area contributed by atoms with Gasteiger partial charge in [-0.1, -0.05) is 0 Å². The van der Waals surface area contributed by atoms with Gasteiger partial charge in [0.1, 0.15) is 17.5 Å². The summed E-state index contributed by atoms with van der Waals surface area (Å²) in [5.41, 5.74) is 0. The molecule has 0 spiro atoms. The highest BCUT2D eigenvalue weighted by Gasteiger charge is 2.31. The molecule has 0 fully saturated rings. The first-order chi connectivity index (χ1) is 8.99. The van der Waals surface area contributed by atoms with Crippen LogP contribution in [0.5, 0.6) is 0 Å². The zero-order chi connectivity index (χ0) is 14.7. The van der Waals surface area contributed by atoms with Gasteiger partial charge in [0.2, 0.25) is 0 Å². The molecular weight excluding hydrogens is 337 g/mol. The number of phosphoric acid groups is 1. The third-order valence-corrected chi connectivity index (χ3v) is 3.93. The molecule has 0 N–H and O–H groups in total. The van der Waals surface area contributed by atoms with Gasteiger partial charge in [0, 0.05) is 0 Å². The van der Waals surface area contributed by atoms with Gasteiger partial charge in [0.05, 0.1) is 25.4 Å². The third kappa shape index (κ3) is 9.14. The molecule has 1 atom stereocenters. The lowest BCUT2D eigenvalue weighted by Crippen LogP contribution is -2.18. The van der Waals surface area contributed by atoms with E-state index < -0.39 is 18.8 Å². The quantitative estimate of drug-likeness (QED) is 0.241. The molecule has 0 amide bonds. The van der Waals surface area contributed by atoms with Crippen molar-refractivity contribution in [3.8, 4) is 0 Å². The number of ether oxygens (including phenoxy) is 1. The second-order valence-corrected chi connectivity index (χ2v) is 6.24. The second kappa shape index (κ2) is 11.2. The Morgan fingerprint density at radius 2 is 1.79 bits per heavy atom. The van der Waals surface area contributed by atoms with Gasteiger partial charge in [0.25, 0.3) is 0 Å². The topological polar surface area (TPSA) is 54.0 Å². The van der Waals surface area contributed by atoms with Gasteiger partial charge in [-0.15, -0.1) is 34.8 Å². The van der Waals surface area contributed by atoms with E-state index in [1.165, 1.54) is 12.3 Å².